The number of nitrogens with two attached hydrogens (primary N) is 1. The molecule has 0 aliphatic heterocycles. The summed E-state index contributed by atoms with van der Waals surface area (Å²) in [6, 6.07) is 19.8. The van der Waals surface area contributed by atoms with E-state index in [0.29, 0.717) is 16.8 Å². The molecule has 0 saturated carbocycles. The summed E-state index contributed by atoms with van der Waals surface area (Å²) in [6.45, 7) is 0. The minimum Gasteiger partial charge on any atom is -0.373 e. The highest BCUT2D eigenvalue weighted by molar-refractivity contribution is 7.90. The maximum Gasteiger partial charge on any atom is 0.256 e. The van der Waals surface area contributed by atoms with Crippen LogP contribution in [0.3, 0.4) is 0 Å². The van der Waals surface area contributed by atoms with Gasteiger partial charge in [0.25, 0.3) is 5.91 Å². The summed E-state index contributed by atoms with van der Waals surface area (Å²) in [4.78, 5) is 13.0. The van der Waals surface area contributed by atoms with Gasteiger partial charge in [0.2, 0.25) is 10.0 Å². The minimum atomic E-state index is -3.77. The third-order valence-corrected chi connectivity index (χ3v) is 6.77. The molecular formula is C24H26N4O5S2. The molecular weight excluding hydrogens is 488 g/mol. The number of anilines is 1. The van der Waals surface area contributed by atoms with E-state index in [0.717, 1.165) is 23.6 Å². The molecule has 3 aromatic carbocycles. The van der Waals surface area contributed by atoms with Gasteiger partial charge >= 0.3 is 0 Å². The summed E-state index contributed by atoms with van der Waals surface area (Å²) >= 11 is 0. The molecule has 0 heterocycles. The second-order valence-electron chi connectivity index (χ2n) is 8.01. The molecule has 35 heavy (non-hydrogen) atoms. The van der Waals surface area contributed by atoms with Crippen LogP contribution in [0.2, 0.25) is 0 Å². The molecule has 0 fully saturated rings. The summed E-state index contributed by atoms with van der Waals surface area (Å²) in [5, 5.41) is 6.57. The predicted molar refractivity (Wildman–Crippen MR) is 137 cm³/mol. The molecule has 1 atom stereocenters. The van der Waals surface area contributed by atoms with Crippen molar-refractivity contribution in [1.82, 2.24) is 4.72 Å². The Labute approximate surface area is 205 Å². The number of sulfone groups is 1. The van der Waals surface area contributed by atoms with Crippen molar-refractivity contribution in [3.63, 3.8) is 0 Å². The van der Waals surface area contributed by atoms with Crippen molar-refractivity contribution in [2.45, 2.75) is 17.4 Å². The molecule has 184 valence electrons. The Kier molecular flexibility index (Phi) is 7.92. The Morgan fingerprint density at radius 1 is 0.971 bits per heavy atom. The van der Waals surface area contributed by atoms with Crippen molar-refractivity contribution in [2.24, 2.45) is 10.9 Å². The quantitative estimate of drug-likeness (QED) is 0.225. The van der Waals surface area contributed by atoms with Crippen LogP contribution in [0.4, 0.5) is 5.69 Å². The fourth-order valence-corrected chi connectivity index (χ4v) is 4.98. The molecule has 0 spiro atoms. The average Bonchev–Trinajstić information content (AvgIpc) is 2.78. The molecule has 0 aliphatic rings. The summed E-state index contributed by atoms with van der Waals surface area (Å²) in [6.07, 6.45) is 3.72. The van der Waals surface area contributed by atoms with Gasteiger partial charge in [-0.3, -0.25) is 9.52 Å². The number of hydrogen-bond acceptors (Lipinski definition) is 8. The van der Waals surface area contributed by atoms with Crippen molar-refractivity contribution in [2.75, 3.05) is 17.8 Å². The number of rotatable bonds is 9. The van der Waals surface area contributed by atoms with E-state index < -0.39 is 31.8 Å². The normalized spacial score (nSPS) is 12.9. The van der Waals surface area contributed by atoms with Crippen LogP contribution in [0.1, 0.15) is 11.1 Å². The first-order valence-electron chi connectivity index (χ1n) is 10.5. The fraction of sp³-hybridized carbons (Fsp3) is 0.167. The van der Waals surface area contributed by atoms with E-state index in [1.54, 1.807) is 66.7 Å². The van der Waals surface area contributed by atoms with E-state index in [-0.39, 0.29) is 11.3 Å². The number of nitrogens with zero attached hydrogens (tertiary/aromatic N) is 1. The number of amides is 1. The molecule has 1 amide bonds. The lowest BCUT2D eigenvalue weighted by Crippen LogP contribution is -2.43. The van der Waals surface area contributed by atoms with Crippen LogP contribution in [0.25, 0.3) is 11.1 Å². The number of carbonyl (C=O) groups is 1. The van der Waals surface area contributed by atoms with Gasteiger partial charge in [-0.25, -0.2) is 16.8 Å². The Morgan fingerprint density at radius 2 is 1.66 bits per heavy atom. The van der Waals surface area contributed by atoms with Crippen LogP contribution in [0.15, 0.2) is 82.8 Å². The van der Waals surface area contributed by atoms with E-state index >= 15 is 0 Å². The number of hydrogen-bond donors (Lipinski definition) is 3. The van der Waals surface area contributed by atoms with Gasteiger partial charge in [-0.2, -0.15) is 5.10 Å². The van der Waals surface area contributed by atoms with Crippen LogP contribution >= 0.6 is 0 Å². The van der Waals surface area contributed by atoms with Gasteiger partial charge in [0, 0.05) is 23.9 Å². The molecule has 3 rings (SSSR count). The van der Waals surface area contributed by atoms with Crippen molar-refractivity contribution in [3.8, 4) is 11.1 Å². The highest BCUT2D eigenvalue weighted by atomic mass is 32.2. The predicted octanol–water partition coefficient (Wildman–Crippen LogP) is 2.15. The topological polar surface area (TPSA) is 148 Å². The minimum absolute atomic E-state index is 0.187. The zero-order valence-corrected chi connectivity index (χ0v) is 20.8. The first-order valence-corrected chi connectivity index (χ1v) is 14.2. The van der Waals surface area contributed by atoms with Crippen molar-refractivity contribution < 1.29 is 21.6 Å². The van der Waals surface area contributed by atoms with Crippen LogP contribution in [-0.2, 0) is 31.1 Å². The molecule has 0 saturated heterocycles. The Morgan fingerprint density at radius 3 is 2.29 bits per heavy atom. The highest BCUT2D eigenvalue weighted by Gasteiger charge is 2.22. The van der Waals surface area contributed by atoms with Gasteiger partial charge in [-0.05, 0) is 34.9 Å². The number of carbonyl (C=O) groups excluding carboxylic acids is 1. The zero-order chi connectivity index (χ0) is 25.6. The Balaban J connectivity index is 1.89. The monoisotopic (exact) mass is 514 g/mol. The molecule has 0 aromatic heterocycles. The van der Waals surface area contributed by atoms with Crippen LogP contribution in [-0.4, -0.2) is 47.5 Å². The molecule has 4 N–H and O–H groups in total. The van der Waals surface area contributed by atoms with Crippen molar-refractivity contribution in [1.29, 1.82) is 0 Å². The van der Waals surface area contributed by atoms with Crippen molar-refractivity contribution in [3.05, 3.63) is 83.9 Å². The number of hydrazone groups is 1. The van der Waals surface area contributed by atoms with Crippen LogP contribution in [0.5, 0.6) is 0 Å². The third kappa shape index (κ3) is 7.39. The van der Waals surface area contributed by atoms with Gasteiger partial charge in [0.1, 0.15) is 6.04 Å². The lowest BCUT2D eigenvalue weighted by Gasteiger charge is -2.20. The maximum absolute atomic E-state index is 12.8. The standard InChI is InChI=1S/C24H26N4O5S2/c1-34(30,31)23-9-4-3-8-21(23)19-10-12-20(13-11-19)27-22(24(29)28-35(2,32)33)15-17-6-5-7-18(14-17)16-26-25/h3-14,16,22,27H,15,25H2,1-2H3,(H,28,29)/t22-/m0/s1. The largest absolute Gasteiger partial charge is 0.373 e. The SMILES string of the molecule is CS(=O)(=O)NC(=O)[C@H](Cc1cccc(C=NN)c1)Nc1ccc(-c2ccccc2S(C)(=O)=O)cc1. The van der Waals surface area contributed by atoms with Crippen LogP contribution < -0.4 is 15.9 Å². The highest BCUT2D eigenvalue weighted by Crippen LogP contribution is 2.28. The van der Waals surface area contributed by atoms with Gasteiger partial charge in [-0.1, -0.05) is 54.6 Å². The number of nitrogens with one attached hydrogen (secondary N) is 2. The summed E-state index contributed by atoms with van der Waals surface area (Å²) in [5.74, 6) is 4.50. The second kappa shape index (κ2) is 10.7. The lowest BCUT2D eigenvalue weighted by atomic mass is 10.0. The average molecular weight is 515 g/mol. The molecule has 11 heteroatoms. The summed E-state index contributed by atoms with van der Waals surface area (Å²) in [7, 11) is -7.19. The fourth-order valence-electron chi connectivity index (χ4n) is 3.56. The van der Waals surface area contributed by atoms with Crippen LogP contribution in [0, 0.1) is 0 Å². The van der Waals surface area contributed by atoms with Gasteiger partial charge in [-0.15, -0.1) is 0 Å². The summed E-state index contributed by atoms with van der Waals surface area (Å²) in [5.41, 5.74) is 3.30. The smallest absolute Gasteiger partial charge is 0.256 e. The van der Waals surface area contributed by atoms with E-state index in [1.165, 1.54) is 6.21 Å². The van der Waals surface area contributed by atoms with E-state index in [2.05, 4.69) is 10.4 Å². The van der Waals surface area contributed by atoms with Gasteiger partial charge in [0.05, 0.1) is 17.4 Å². The maximum atomic E-state index is 12.8. The Bertz CT molecular complexity index is 1450. The van der Waals surface area contributed by atoms with Gasteiger partial charge < -0.3 is 11.2 Å². The molecule has 0 bridgehead atoms. The third-order valence-electron chi connectivity index (χ3n) is 5.04. The molecule has 0 radical (unpaired) electrons. The van der Waals surface area contributed by atoms with Crippen molar-refractivity contribution >= 4 is 37.7 Å². The second-order valence-corrected chi connectivity index (χ2v) is 11.7. The first kappa shape index (κ1) is 25.9. The summed E-state index contributed by atoms with van der Waals surface area (Å²) < 4.78 is 49.6. The Hall–Kier alpha value is -3.70. The van der Waals surface area contributed by atoms with Gasteiger partial charge in [0.15, 0.2) is 9.84 Å². The molecule has 0 unspecified atom stereocenters. The molecule has 9 nitrogen and oxygen atoms in total. The number of benzene rings is 3. The van der Waals surface area contributed by atoms with E-state index in [4.69, 9.17) is 5.84 Å². The van der Waals surface area contributed by atoms with E-state index in [1.807, 2.05) is 10.8 Å². The zero-order valence-electron chi connectivity index (χ0n) is 19.2. The van der Waals surface area contributed by atoms with E-state index in [9.17, 15) is 21.6 Å². The molecule has 3 aromatic rings. The lowest BCUT2D eigenvalue weighted by molar-refractivity contribution is -0.120. The number of sulfonamides is 1. The molecule has 0 aliphatic carbocycles. The first-order chi connectivity index (χ1) is 16.5.